The van der Waals surface area contributed by atoms with Crippen molar-refractivity contribution in [3.63, 3.8) is 0 Å². The lowest BCUT2D eigenvalue weighted by Gasteiger charge is -2.10. The van der Waals surface area contributed by atoms with E-state index in [1.165, 1.54) is 12.1 Å². The molecule has 1 aliphatic heterocycles. The molecule has 0 fully saturated rings. The molecule has 0 aliphatic carbocycles. The zero-order valence-corrected chi connectivity index (χ0v) is 13.3. The van der Waals surface area contributed by atoms with Gasteiger partial charge in [-0.3, -0.25) is 5.10 Å². The number of benzene rings is 1. The van der Waals surface area contributed by atoms with E-state index < -0.39 is 0 Å². The highest BCUT2D eigenvalue weighted by Gasteiger charge is 2.22. The van der Waals surface area contributed by atoms with Gasteiger partial charge in [-0.2, -0.15) is 5.10 Å². The molecule has 0 saturated carbocycles. The van der Waals surface area contributed by atoms with Crippen LogP contribution in [0.5, 0.6) is 0 Å². The Morgan fingerprint density at radius 2 is 2.13 bits per heavy atom. The molecule has 23 heavy (non-hydrogen) atoms. The highest BCUT2D eigenvalue weighted by molar-refractivity contribution is 5.87. The van der Waals surface area contributed by atoms with Crippen molar-refractivity contribution in [1.29, 1.82) is 0 Å². The molecule has 5 nitrogen and oxygen atoms in total. The zero-order valence-electron chi connectivity index (χ0n) is 13.3. The lowest BCUT2D eigenvalue weighted by atomic mass is 10.0. The number of H-pyrrole nitrogens is 1. The van der Waals surface area contributed by atoms with E-state index in [0.717, 1.165) is 35.5 Å². The molecule has 2 heterocycles. The van der Waals surface area contributed by atoms with Crippen molar-refractivity contribution in [3.8, 4) is 11.3 Å². The number of oxime groups is 1. The number of nitrogens with zero attached hydrogens (tertiary/aromatic N) is 2. The predicted octanol–water partition coefficient (Wildman–Crippen LogP) is 3.11. The van der Waals surface area contributed by atoms with Crippen molar-refractivity contribution in [3.05, 3.63) is 41.8 Å². The second-order valence-corrected chi connectivity index (χ2v) is 6.08. The Balaban J connectivity index is 1.54. The van der Waals surface area contributed by atoms with Crippen LogP contribution in [0.2, 0.25) is 0 Å². The zero-order chi connectivity index (χ0) is 16.2. The Labute approximate surface area is 134 Å². The Morgan fingerprint density at radius 3 is 2.83 bits per heavy atom. The van der Waals surface area contributed by atoms with Gasteiger partial charge in [0.1, 0.15) is 11.9 Å². The third-order valence-electron chi connectivity index (χ3n) is 3.96. The van der Waals surface area contributed by atoms with Gasteiger partial charge in [-0.1, -0.05) is 19.0 Å². The average molecular weight is 316 g/mol. The molecule has 6 heteroatoms. The summed E-state index contributed by atoms with van der Waals surface area (Å²) in [6, 6.07) is 6.39. The quantitative estimate of drug-likeness (QED) is 0.861. The fraction of sp³-hybridized carbons (Fsp3) is 0.412. The van der Waals surface area contributed by atoms with Crippen molar-refractivity contribution in [1.82, 2.24) is 15.5 Å². The van der Waals surface area contributed by atoms with Crippen molar-refractivity contribution >= 4 is 5.71 Å². The van der Waals surface area contributed by atoms with Gasteiger partial charge in [0.15, 0.2) is 0 Å². The van der Waals surface area contributed by atoms with E-state index in [1.807, 2.05) is 0 Å². The Morgan fingerprint density at radius 1 is 1.35 bits per heavy atom. The summed E-state index contributed by atoms with van der Waals surface area (Å²) in [5.74, 6) is 0.186. The monoisotopic (exact) mass is 316 g/mol. The summed E-state index contributed by atoms with van der Waals surface area (Å²) >= 11 is 0. The molecule has 0 radical (unpaired) electrons. The molecule has 1 atom stereocenters. The maximum atomic E-state index is 13.0. The minimum Gasteiger partial charge on any atom is -0.391 e. The van der Waals surface area contributed by atoms with Crippen molar-refractivity contribution < 1.29 is 9.23 Å². The summed E-state index contributed by atoms with van der Waals surface area (Å²) in [6.45, 7) is 5.64. The maximum absolute atomic E-state index is 13.0. The van der Waals surface area contributed by atoms with Gasteiger partial charge in [0.05, 0.1) is 17.6 Å². The van der Waals surface area contributed by atoms with Crippen LogP contribution in [0.25, 0.3) is 11.3 Å². The summed E-state index contributed by atoms with van der Waals surface area (Å²) < 4.78 is 13.0. The fourth-order valence-electron chi connectivity index (χ4n) is 2.58. The SMILES string of the molecule is CC(C)C1=NO[C@@H](CNCc2cn[nH]c2-c2ccc(F)cc2)C1. The van der Waals surface area contributed by atoms with Crippen LogP contribution in [0.3, 0.4) is 0 Å². The molecule has 3 rings (SSSR count). The maximum Gasteiger partial charge on any atom is 0.145 e. The van der Waals surface area contributed by atoms with Gasteiger partial charge in [0.2, 0.25) is 0 Å². The molecule has 2 N–H and O–H groups in total. The Kier molecular flexibility index (Phi) is 4.71. The van der Waals surface area contributed by atoms with Crippen molar-refractivity contribution in [2.24, 2.45) is 11.1 Å². The molecule has 1 aromatic heterocycles. The van der Waals surface area contributed by atoms with Crippen LogP contribution in [0.1, 0.15) is 25.8 Å². The summed E-state index contributed by atoms with van der Waals surface area (Å²) in [5.41, 5.74) is 3.99. The number of rotatable bonds is 6. The summed E-state index contributed by atoms with van der Waals surface area (Å²) in [7, 11) is 0. The molecule has 0 unspecified atom stereocenters. The lowest BCUT2D eigenvalue weighted by Crippen LogP contribution is -2.27. The average Bonchev–Trinajstić information content (AvgIpc) is 3.18. The molecule has 122 valence electrons. The van der Waals surface area contributed by atoms with E-state index in [2.05, 4.69) is 34.5 Å². The van der Waals surface area contributed by atoms with Crippen LogP contribution in [0.15, 0.2) is 35.6 Å². The number of halogens is 1. The molecule has 1 aliphatic rings. The first-order chi connectivity index (χ1) is 11.1. The molecule has 1 aromatic carbocycles. The largest absolute Gasteiger partial charge is 0.391 e. The van der Waals surface area contributed by atoms with Crippen LogP contribution in [-0.2, 0) is 11.4 Å². The molecule has 0 bridgehead atoms. The molecular weight excluding hydrogens is 295 g/mol. The summed E-state index contributed by atoms with van der Waals surface area (Å²) in [5, 5.41) is 14.6. The van der Waals surface area contributed by atoms with Crippen LogP contribution in [0.4, 0.5) is 4.39 Å². The van der Waals surface area contributed by atoms with Crippen LogP contribution in [-0.4, -0.2) is 28.6 Å². The highest BCUT2D eigenvalue weighted by Crippen LogP contribution is 2.21. The Bertz CT molecular complexity index is 678. The van der Waals surface area contributed by atoms with E-state index in [9.17, 15) is 4.39 Å². The third kappa shape index (κ3) is 3.76. The molecule has 0 amide bonds. The number of hydrogen-bond acceptors (Lipinski definition) is 4. The van der Waals surface area contributed by atoms with Crippen molar-refractivity contribution in [2.75, 3.05) is 6.54 Å². The second kappa shape index (κ2) is 6.91. The van der Waals surface area contributed by atoms with Gasteiger partial charge in [-0.15, -0.1) is 0 Å². The predicted molar refractivity (Wildman–Crippen MR) is 87.5 cm³/mol. The fourth-order valence-corrected chi connectivity index (χ4v) is 2.58. The van der Waals surface area contributed by atoms with Crippen LogP contribution >= 0.6 is 0 Å². The first-order valence-corrected chi connectivity index (χ1v) is 7.85. The topological polar surface area (TPSA) is 62.3 Å². The van der Waals surface area contributed by atoms with Gasteiger partial charge >= 0.3 is 0 Å². The van der Waals surface area contributed by atoms with Crippen molar-refractivity contribution in [2.45, 2.75) is 32.9 Å². The first kappa shape index (κ1) is 15.7. The molecular formula is C17H21FN4O. The van der Waals surface area contributed by atoms with Gasteiger partial charge in [-0.05, 0) is 30.2 Å². The van der Waals surface area contributed by atoms with E-state index in [0.29, 0.717) is 12.5 Å². The van der Waals surface area contributed by atoms with E-state index in [-0.39, 0.29) is 11.9 Å². The normalized spacial score (nSPS) is 17.4. The van der Waals surface area contributed by atoms with Crippen LogP contribution in [0, 0.1) is 11.7 Å². The minimum absolute atomic E-state index is 0.0913. The number of aromatic amines is 1. The third-order valence-corrected chi connectivity index (χ3v) is 3.96. The molecule has 0 saturated heterocycles. The summed E-state index contributed by atoms with van der Waals surface area (Å²) in [4.78, 5) is 5.43. The Hall–Kier alpha value is -2.21. The van der Waals surface area contributed by atoms with Gasteiger partial charge in [0, 0.05) is 30.6 Å². The smallest absolute Gasteiger partial charge is 0.145 e. The number of aromatic nitrogens is 2. The van der Waals surface area contributed by atoms with Gasteiger partial charge < -0.3 is 10.2 Å². The van der Waals surface area contributed by atoms with Gasteiger partial charge in [-0.25, -0.2) is 4.39 Å². The van der Waals surface area contributed by atoms with E-state index in [1.54, 1.807) is 18.3 Å². The number of nitrogens with one attached hydrogen (secondary N) is 2. The van der Waals surface area contributed by atoms with Crippen LogP contribution < -0.4 is 5.32 Å². The minimum atomic E-state index is -0.243. The molecule has 2 aromatic rings. The second-order valence-electron chi connectivity index (χ2n) is 6.08. The van der Waals surface area contributed by atoms with E-state index >= 15 is 0 Å². The van der Waals surface area contributed by atoms with E-state index in [4.69, 9.17) is 4.84 Å². The number of hydrogen-bond donors (Lipinski definition) is 2. The summed E-state index contributed by atoms with van der Waals surface area (Å²) in [6.07, 6.45) is 2.76. The molecule has 0 spiro atoms. The highest BCUT2D eigenvalue weighted by atomic mass is 19.1. The first-order valence-electron chi connectivity index (χ1n) is 7.85. The lowest BCUT2D eigenvalue weighted by molar-refractivity contribution is 0.0848. The standard InChI is InChI=1S/C17H21FN4O/c1-11(2)16-7-15(23-22-16)10-19-8-13-9-20-21-17(13)12-3-5-14(18)6-4-12/h3-6,9,11,15,19H,7-8,10H2,1-2H3,(H,20,21)/t15-/m1/s1. The van der Waals surface area contributed by atoms with Gasteiger partial charge in [0.25, 0.3) is 0 Å².